The summed E-state index contributed by atoms with van der Waals surface area (Å²) in [7, 11) is 1.75. The lowest BCUT2D eigenvalue weighted by Crippen LogP contribution is -2.46. The van der Waals surface area contributed by atoms with E-state index in [-0.39, 0.29) is 0 Å². The minimum Gasteiger partial charge on any atom is -0.439 e. The molecule has 0 saturated carbocycles. The lowest BCUT2D eigenvalue weighted by Gasteiger charge is -2.33. The highest BCUT2D eigenvalue weighted by molar-refractivity contribution is 5.72. The third-order valence-electron chi connectivity index (χ3n) is 3.77. The number of benzene rings is 1. The van der Waals surface area contributed by atoms with E-state index in [2.05, 4.69) is 14.8 Å². The van der Waals surface area contributed by atoms with Crippen LogP contribution in [0, 0.1) is 0 Å². The maximum Gasteiger partial charge on any atom is 0.209 e. The van der Waals surface area contributed by atoms with E-state index in [1.807, 2.05) is 24.3 Å². The van der Waals surface area contributed by atoms with Gasteiger partial charge in [-0.25, -0.2) is 4.98 Å². The van der Waals surface area contributed by atoms with Crippen molar-refractivity contribution in [3.63, 3.8) is 0 Å². The summed E-state index contributed by atoms with van der Waals surface area (Å²) in [5.74, 6) is 0.816. The maximum absolute atomic E-state index is 5.78. The predicted molar refractivity (Wildman–Crippen MR) is 77.6 cm³/mol. The first kappa shape index (κ1) is 13.5. The number of piperazine rings is 1. The van der Waals surface area contributed by atoms with Gasteiger partial charge in [-0.05, 0) is 12.1 Å². The molecular formula is C15H21N3O2. The van der Waals surface area contributed by atoms with Crippen LogP contribution in [-0.2, 0) is 11.3 Å². The van der Waals surface area contributed by atoms with Gasteiger partial charge in [0.2, 0.25) is 5.89 Å². The van der Waals surface area contributed by atoms with Gasteiger partial charge in [-0.2, -0.15) is 0 Å². The molecule has 0 unspecified atom stereocenters. The fraction of sp³-hybridized carbons (Fsp3) is 0.533. The van der Waals surface area contributed by atoms with Crippen molar-refractivity contribution in [3.8, 4) is 0 Å². The first-order valence-corrected chi connectivity index (χ1v) is 7.13. The second kappa shape index (κ2) is 6.35. The molecule has 3 rings (SSSR count). The van der Waals surface area contributed by atoms with Crippen LogP contribution in [0.2, 0.25) is 0 Å². The van der Waals surface area contributed by atoms with Crippen molar-refractivity contribution < 1.29 is 9.15 Å². The molecule has 1 fully saturated rings. The zero-order valence-electron chi connectivity index (χ0n) is 11.9. The number of fused-ring (bicyclic) bond motifs is 1. The van der Waals surface area contributed by atoms with Crippen LogP contribution in [0.1, 0.15) is 5.89 Å². The summed E-state index contributed by atoms with van der Waals surface area (Å²) >= 11 is 0. The summed E-state index contributed by atoms with van der Waals surface area (Å²) in [5, 5.41) is 0. The van der Waals surface area contributed by atoms with Crippen LogP contribution in [0.15, 0.2) is 28.7 Å². The highest BCUT2D eigenvalue weighted by Gasteiger charge is 2.18. The number of ether oxygens (including phenoxy) is 1. The third kappa shape index (κ3) is 3.17. The molecule has 108 valence electrons. The van der Waals surface area contributed by atoms with E-state index in [1.54, 1.807) is 7.11 Å². The zero-order chi connectivity index (χ0) is 13.8. The van der Waals surface area contributed by atoms with Crippen LogP contribution in [0.3, 0.4) is 0 Å². The van der Waals surface area contributed by atoms with E-state index >= 15 is 0 Å². The first-order valence-electron chi connectivity index (χ1n) is 7.13. The summed E-state index contributed by atoms with van der Waals surface area (Å²) in [6.45, 7) is 6.92. The Morgan fingerprint density at radius 3 is 2.65 bits per heavy atom. The van der Waals surface area contributed by atoms with Crippen LogP contribution in [0.25, 0.3) is 11.1 Å². The van der Waals surface area contributed by atoms with E-state index in [0.717, 1.165) is 62.9 Å². The minimum absolute atomic E-state index is 0.798. The van der Waals surface area contributed by atoms with Crippen molar-refractivity contribution >= 4 is 11.1 Å². The summed E-state index contributed by atoms with van der Waals surface area (Å²) in [6.07, 6.45) is 0. The summed E-state index contributed by atoms with van der Waals surface area (Å²) < 4.78 is 10.9. The Morgan fingerprint density at radius 2 is 1.90 bits per heavy atom. The molecule has 0 radical (unpaired) electrons. The summed E-state index contributed by atoms with van der Waals surface area (Å²) in [4.78, 5) is 9.37. The fourth-order valence-corrected chi connectivity index (χ4v) is 2.57. The highest BCUT2D eigenvalue weighted by atomic mass is 16.5. The molecule has 1 aliphatic heterocycles. The highest BCUT2D eigenvalue weighted by Crippen LogP contribution is 2.16. The van der Waals surface area contributed by atoms with E-state index in [1.165, 1.54) is 0 Å². The molecule has 20 heavy (non-hydrogen) atoms. The third-order valence-corrected chi connectivity index (χ3v) is 3.77. The van der Waals surface area contributed by atoms with Gasteiger partial charge in [0.1, 0.15) is 5.52 Å². The van der Waals surface area contributed by atoms with Crippen molar-refractivity contribution in [1.29, 1.82) is 0 Å². The molecule has 0 bridgehead atoms. The first-order chi connectivity index (χ1) is 9.85. The van der Waals surface area contributed by atoms with Crippen molar-refractivity contribution in [2.24, 2.45) is 0 Å². The van der Waals surface area contributed by atoms with E-state index in [0.29, 0.717) is 0 Å². The molecule has 5 nitrogen and oxygen atoms in total. The van der Waals surface area contributed by atoms with Gasteiger partial charge in [0, 0.05) is 39.8 Å². The van der Waals surface area contributed by atoms with Gasteiger partial charge < -0.3 is 9.15 Å². The number of oxazole rings is 1. The smallest absolute Gasteiger partial charge is 0.209 e. The molecule has 1 saturated heterocycles. The SMILES string of the molecule is COCCN1CCN(Cc2nc3ccccc3o2)CC1. The Labute approximate surface area is 119 Å². The van der Waals surface area contributed by atoms with E-state index in [4.69, 9.17) is 9.15 Å². The van der Waals surface area contributed by atoms with Crippen molar-refractivity contribution in [3.05, 3.63) is 30.2 Å². The Hall–Kier alpha value is -1.43. The Bertz CT molecular complexity index is 514. The Morgan fingerprint density at radius 1 is 1.15 bits per heavy atom. The fourth-order valence-electron chi connectivity index (χ4n) is 2.57. The quantitative estimate of drug-likeness (QED) is 0.829. The van der Waals surface area contributed by atoms with Gasteiger partial charge in [-0.1, -0.05) is 12.1 Å². The van der Waals surface area contributed by atoms with Gasteiger partial charge in [0.15, 0.2) is 5.58 Å². The van der Waals surface area contributed by atoms with Gasteiger partial charge in [0.25, 0.3) is 0 Å². The van der Waals surface area contributed by atoms with Gasteiger partial charge in [-0.15, -0.1) is 0 Å². The van der Waals surface area contributed by atoms with Crippen LogP contribution >= 0.6 is 0 Å². The normalized spacial score (nSPS) is 17.9. The van der Waals surface area contributed by atoms with Crippen LogP contribution in [0.4, 0.5) is 0 Å². The minimum atomic E-state index is 0.798. The predicted octanol–water partition coefficient (Wildman–Crippen LogP) is 1.59. The van der Waals surface area contributed by atoms with E-state index in [9.17, 15) is 0 Å². The standard InChI is InChI=1S/C15H21N3O2/c1-19-11-10-17-6-8-18(9-7-17)12-15-16-13-4-2-3-5-14(13)20-15/h2-5H,6-12H2,1H3. The molecule has 0 atom stereocenters. The number of hydrogen-bond donors (Lipinski definition) is 0. The van der Waals surface area contributed by atoms with Crippen LogP contribution in [0.5, 0.6) is 0 Å². The Balaban J connectivity index is 1.54. The van der Waals surface area contributed by atoms with Crippen molar-refractivity contribution in [2.45, 2.75) is 6.54 Å². The van der Waals surface area contributed by atoms with Crippen molar-refractivity contribution in [2.75, 3.05) is 46.4 Å². The average Bonchev–Trinajstić information content (AvgIpc) is 2.89. The molecule has 1 aromatic carbocycles. The van der Waals surface area contributed by atoms with Gasteiger partial charge in [0.05, 0.1) is 13.2 Å². The molecule has 1 aromatic heterocycles. The second-order valence-corrected chi connectivity index (χ2v) is 5.19. The van der Waals surface area contributed by atoms with Crippen LogP contribution in [-0.4, -0.2) is 61.2 Å². The summed E-state index contributed by atoms with van der Waals surface area (Å²) in [5.41, 5.74) is 1.82. The molecule has 2 heterocycles. The summed E-state index contributed by atoms with van der Waals surface area (Å²) in [6, 6.07) is 7.93. The number of methoxy groups -OCH3 is 1. The molecule has 2 aromatic rings. The van der Waals surface area contributed by atoms with Gasteiger partial charge >= 0.3 is 0 Å². The van der Waals surface area contributed by atoms with Crippen LogP contribution < -0.4 is 0 Å². The largest absolute Gasteiger partial charge is 0.439 e. The number of aromatic nitrogens is 1. The number of nitrogens with zero attached hydrogens (tertiary/aromatic N) is 3. The molecule has 0 spiro atoms. The topological polar surface area (TPSA) is 41.7 Å². The molecule has 0 amide bonds. The second-order valence-electron chi connectivity index (χ2n) is 5.19. The number of rotatable bonds is 5. The molecule has 0 N–H and O–H groups in total. The molecule has 1 aliphatic rings. The molecule has 5 heteroatoms. The Kier molecular flexibility index (Phi) is 4.30. The maximum atomic E-state index is 5.78. The lowest BCUT2D eigenvalue weighted by atomic mass is 10.3. The number of para-hydroxylation sites is 2. The lowest BCUT2D eigenvalue weighted by molar-refractivity contribution is 0.0899. The molecule has 0 aliphatic carbocycles. The van der Waals surface area contributed by atoms with Crippen molar-refractivity contribution in [1.82, 2.24) is 14.8 Å². The van der Waals surface area contributed by atoms with Gasteiger partial charge in [-0.3, -0.25) is 9.80 Å². The number of hydrogen-bond acceptors (Lipinski definition) is 5. The zero-order valence-corrected chi connectivity index (χ0v) is 11.9. The molecular weight excluding hydrogens is 254 g/mol. The monoisotopic (exact) mass is 275 g/mol. The van der Waals surface area contributed by atoms with E-state index < -0.39 is 0 Å². The average molecular weight is 275 g/mol.